The molecule has 0 saturated carbocycles. The van der Waals surface area contributed by atoms with E-state index in [1.54, 1.807) is 18.2 Å². The molecule has 202 valence electrons. The van der Waals surface area contributed by atoms with Gasteiger partial charge in [-0.05, 0) is 80.0 Å². The number of amides is 1. The maximum Gasteiger partial charge on any atom is 0.264 e. The predicted octanol–water partition coefficient (Wildman–Crippen LogP) is 5.35. The largest absolute Gasteiger partial charge is 0.493 e. The van der Waals surface area contributed by atoms with Crippen LogP contribution in [-0.2, 0) is 27.7 Å². The number of rotatable bonds is 10. The third-order valence-electron chi connectivity index (χ3n) is 7.07. The van der Waals surface area contributed by atoms with Crippen molar-refractivity contribution in [2.24, 2.45) is 0 Å². The standard InChI is InChI=1S/C30H36N2O5S/c1-5-27(24-13-12-22-8-6-7-9-23(22)18-24)31-30(33)20-32(25-14-10-21(2)11-15-25)38(34,35)26-16-17-28(36-3)29(19-26)37-4/h10-19,27H,5-9,20H2,1-4H3,(H,31,33)/t27-/m0/s1. The van der Waals surface area contributed by atoms with Crippen LogP contribution in [0.1, 0.15) is 54.5 Å². The molecule has 0 spiro atoms. The van der Waals surface area contributed by atoms with Crippen LogP contribution in [0, 0.1) is 6.92 Å². The van der Waals surface area contributed by atoms with Gasteiger partial charge in [0.25, 0.3) is 10.0 Å². The fourth-order valence-electron chi connectivity index (χ4n) is 4.89. The first-order chi connectivity index (χ1) is 18.3. The molecule has 4 rings (SSSR count). The summed E-state index contributed by atoms with van der Waals surface area (Å²) in [4.78, 5) is 13.4. The molecule has 0 radical (unpaired) electrons. The lowest BCUT2D eigenvalue weighted by molar-refractivity contribution is -0.120. The van der Waals surface area contributed by atoms with Gasteiger partial charge in [-0.15, -0.1) is 0 Å². The Morgan fingerprint density at radius 3 is 2.26 bits per heavy atom. The monoisotopic (exact) mass is 536 g/mol. The number of benzene rings is 3. The van der Waals surface area contributed by atoms with Gasteiger partial charge in [-0.2, -0.15) is 0 Å². The summed E-state index contributed by atoms with van der Waals surface area (Å²) in [6.45, 7) is 3.58. The number of ether oxygens (including phenoxy) is 2. The number of carbonyl (C=O) groups is 1. The van der Waals surface area contributed by atoms with Crippen LogP contribution in [0.25, 0.3) is 0 Å². The normalized spacial score (nSPS) is 13.8. The highest BCUT2D eigenvalue weighted by atomic mass is 32.2. The molecular weight excluding hydrogens is 500 g/mol. The van der Waals surface area contributed by atoms with Gasteiger partial charge >= 0.3 is 0 Å². The van der Waals surface area contributed by atoms with E-state index < -0.39 is 10.0 Å². The second kappa shape index (κ2) is 11.9. The van der Waals surface area contributed by atoms with E-state index in [-0.39, 0.29) is 23.4 Å². The third kappa shape index (κ3) is 5.96. The second-order valence-corrected chi connectivity index (χ2v) is 11.5. The summed E-state index contributed by atoms with van der Waals surface area (Å²) in [5.74, 6) is 0.335. The number of methoxy groups -OCH3 is 2. The van der Waals surface area contributed by atoms with Crippen molar-refractivity contribution in [2.45, 2.75) is 56.9 Å². The van der Waals surface area contributed by atoms with E-state index in [0.29, 0.717) is 23.6 Å². The molecule has 1 aliphatic rings. The Kier molecular flexibility index (Phi) is 8.62. The molecule has 0 bridgehead atoms. The average Bonchev–Trinajstić information content (AvgIpc) is 2.94. The molecule has 1 amide bonds. The van der Waals surface area contributed by atoms with E-state index in [9.17, 15) is 13.2 Å². The van der Waals surface area contributed by atoms with Crippen LogP contribution in [0.2, 0.25) is 0 Å². The lowest BCUT2D eigenvalue weighted by Crippen LogP contribution is -2.42. The Morgan fingerprint density at radius 1 is 0.921 bits per heavy atom. The Morgan fingerprint density at radius 2 is 1.61 bits per heavy atom. The molecule has 0 heterocycles. The molecule has 1 aliphatic carbocycles. The molecular formula is C30H36N2O5S. The highest BCUT2D eigenvalue weighted by Gasteiger charge is 2.29. The third-order valence-corrected chi connectivity index (χ3v) is 8.84. The van der Waals surface area contributed by atoms with Crippen LogP contribution in [-0.4, -0.2) is 35.1 Å². The van der Waals surface area contributed by atoms with Gasteiger partial charge in [-0.25, -0.2) is 8.42 Å². The van der Waals surface area contributed by atoms with Gasteiger partial charge in [0.05, 0.1) is 30.8 Å². The average molecular weight is 537 g/mol. The first kappa shape index (κ1) is 27.5. The van der Waals surface area contributed by atoms with Crippen LogP contribution < -0.4 is 19.1 Å². The number of nitrogens with one attached hydrogen (secondary N) is 1. The van der Waals surface area contributed by atoms with Gasteiger partial charge in [0.2, 0.25) is 5.91 Å². The van der Waals surface area contributed by atoms with Gasteiger partial charge in [0.1, 0.15) is 6.54 Å². The van der Waals surface area contributed by atoms with Gasteiger partial charge < -0.3 is 14.8 Å². The Labute approximate surface area is 225 Å². The zero-order valence-electron chi connectivity index (χ0n) is 22.5. The van der Waals surface area contributed by atoms with E-state index >= 15 is 0 Å². The van der Waals surface area contributed by atoms with Crippen molar-refractivity contribution in [3.63, 3.8) is 0 Å². The number of nitrogens with zero attached hydrogens (tertiary/aromatic N) is 1. The second-order valence-electron chi connectivity index (χ2n) is 9.63. The summed E-state index contributed by atoms with van der Waals surface area (Å²) >= 11 is 0. The van der Waals surface area contributed by atoms with Gasteiger partial charge in [-0.3, -0.25) is 9.10 Å². The minimum Gasteiger partial charge on any atom is -0.493 e. The lowest BCUT2D eigenvalue weighted by atomic mass is 9.89. The molecule has 7 nitrogen and oxygen atoms in total. The fraction of sp³-hybridized carbons (Fsp3) is 0.367. The maximum atomic E-state index is 13.9. The van der Waals surface area contributed by atoms with Crippen molar-refractivity contribution in [3.8, 4) is 11.5 Å². The SMILES string of the molecule is CC[C@H](NC(=O)CN(c1ccc(C)cc1)S(=O)(=O)c1ccc(OC)c(OC)c1)c1ccc2c(c1)CCCC2. The number of aryl methyl sites for hydroxylation is 3. The molecule has 3 aromatic carbocycles. The molecule has 0 fully saturated rings. The lowest BCUT2D eigenvalue weighted by Gasteiger charge is -2.26. The van der Waals surface area contributed by atoms with Crippen LogP contribution in [0.15, 0.2) is 65.6 Å². The molecule has 0 aromatic heterocycles. The Bertz CT molecular complexity index is 1390. The van der Waals surface area contributed by atoms with Crippen LogP contribution in [0.4, 0.5) is 5.69 Å². The zero-order chi connectivity index (χ0) is 27.3. The van der Waals surface area contributed by atoms with Crippen molar-refractivity contribution in [1.82, 2.24) is 5.32 Å². The summed E-state index contributed by atoms with van der Waals surface area (Å²) in [6, 6.07) is 17.7. The quantitative estimate of drug-likeness (QED) is 0.377. The fourth-order valence-corrected chi connectivity index (χ4v) is 6.33. The van der Waals surface area contributed by atoms with E-state index in [0.717, 1.165) is 28.3 Å². The van der Waals surface area contributed by atoms with Crippen LogP contribution in [0.3, 0.4) is 0 Å². The molecule has 0 saturated heterocycles. The predicted molar refractivity (Wildman–Crippen MR) is 150 cm³/mol. The number of hydrogen-bond acceptors (Lipinski definition) is 5. The van der Waals surface area contributed by atoms with Crippen molar-refractivity contribution < 1.29 is 22.7 Å². The van der Waals surface area contributed by atoms with E-state index in [1.165, 1.54) is 50.3 Å². The number of carbonyl (C=O) groups excluding carboxylic acids is 1. The van der Waals surface area contributed by atoms with Gasteiger partial charge in [-0.1, -0.05) is 42.8 Å². The highest BCUT2D eigenvalue weighted by molar-refractivity contribution is 7.92. The van der Waals surface area contributed by atoms with Crippen LogP contribution in [0.5, 0.6) is 11.5 Å². The topological polar surface area (TPSA) is 84.9 Å². The smallest absolute Gasteiger partial charge is 0.264 e. The van der Waals surface area contributed by atoms with Crippen LogP contribution >= 0.6 is 0 Å². The molecule has 38 heavy (non-hydrogen) atoms. The Hall–Kier alpha value is -3.52. The van der Waals surface area contributed by atoms with E-state index in [4.69, 9.17) is 9.47 Å². The molecule has 1 N–H and O–H groups in total. The maximum absolute atomic E-state index is 13.9. The summed E-state index contributed by atoms with van der Waals surface area (Å²) < 4.78 is 39.4. The molecule has 1 atom stereocenters. The minimum atomic E-state index is -4.10. The van der Waals surface area contributed by atoms with E-state index in [2.05, 4.69) is 23.5 Å². The molecule has 0 unspecified atom stereocenters. The van der Waals surface area contributed by atoms with Crippen molar-refractivity contribution in [2.75, 3.05) is 25.1 Å². The van der Waals surface area contributed by atoms with Crippen molar-refractivity contribution >= 4 is 21.6 Å². The summed E-state index contributed by atoms with van der Waals surface area (Å²) in [7, 11) is -1.16. The Balaban J connectivity index is 1.62. The number of anilines is 1. The number of hydrogen-bond donors (Lipinski definition) is 1. The first-order valence-electron chi connectivity index (χ1n) is 13.0. The summed E-state index contributed by atoms with van der Waals surface area (Å²) in [5.41, 5.74) is 5.17. The molecule has 0 aliphatic heterocycles. The van der Waals surface area contributed by atoms with E-state index in [1.807, 2.05) is 26.0 Å². The number of fused-ring (bicyclic) bond motifs is 1. The van der Waals surface area contributed by atoms with Crippen molar-refractivity contribution in [3.05, 3.63) is 82.9 Å². The summed E-state index contributed by atoms with van der Waals surface area (Å²) in [6.07, 6.45) is 5.23. The summed E-state index contributed by atoms with van der Waals surface area (Å²) in [5, 5.41) is 3.08. The minimum absolute atomic E-state index is 0.00486. The van der Waals surface area contributed by atoms with Crippen molar-refractivity contribution in [1.29, 1.82) is 0 Å². The highest BCUT2D eigenvalue weighted by Crippen LogP contribution is 2.32. The molecule has 3 aromatic rings. The zero-order valence-corrected chi connectivity index (χ0v) is 23.3. The number of sulfonamides is 1. The van der Waals surface area contributed by atoms with Gasteiger partial charge in [0.15, 0.2) is 11.5 Å². The molecule has 8 heteroatoms. The van der Waals surface area contributed by atoms with Gasteiger partial charge in [0, 0.05) is 6.07 Å². The first-order valence-corrected chi connectivity index (χ1v) is 14.4.